The molecule has 148 valence electrons. The molecule has 0 atom stereocenters. The molecule has 0 aliphatic heterocycles. The Kier molecular flexibility index (Phi) is 7.85. The normalized spacial score (nSPS) is 10.1. The molecule has 2 N–H and O–H groups in total. The van der Waals surface area contributed by atoms with E-state index in [-0.39, 0.29) is 22.2 Å². The zero-order valence-corrected chi connectivity index (χ0v) is 17.0. The lowest BCUT2D eigenvalue weighted by atomic mass is 10.3. The Hall–Kier alpha value is -2.56. The van der Waals surface area contributed by atoms with Gasteiger partial charge < -0.3 is 9.47 Å². The summed E-state index contributed by atoms with van der Waals surface area (Å²) < 4.78 is 10.9. The van der Waals surface area contributed by atoms with E-state index in [0.717, 1.165) is 0 Å². The highest BCUT2D eigenvalue weighted by atomic mass is 79.9. The first-order chi connectivity index (χ1) is 13.3. The number of hydrogen-bond donors (Lipinski definition) is 2. The fourth-order valence-corrected chi connectivity index (χ4v) is 3.20. The summed E-state index contributed by atoms with van der Waals surface area (Å²) in [7, 11) is 0. The van der Waals surface area contributed by atoms with Crippen LogP contribution in [0.15, 0.2) is 40.9 Å². The van der Waals surface area contributed by atoms with Crippen LogP contribution in [0.4, 0.5) is 5.69 Å². The van der Waals surface area contributed by atoms with Gasteiger partial charge in [-0.25, -0.2) is 0 Å². The first kappa shape index (κ1) is 21.7. The largest absolute Gasteiger partial charge is 0.484 e. The Morgan fingerprint density at radius 3 is 2.14 bits per heavy atom. The SMILES string of the molecule is O=C(COc1ccc([N+](=O)[O-])cc1)NNC(=O)COc1c(Cl)cc(Cl)cc1Br. The summed E-state index contributed by atoms with van der Waals surface area (Å²) in [5.41, 5.74) is 4.18. The molecule has 0 heterocycles. The zero-order chi connectivity index (χ0) is 20.7. The van der Waals surface area contributed by atoms with E-state index in [1.54, 1.807) is 6.07 Å². The Bertz CT molecular complexity index is 871. The number of halogens is 3. The summed E-state index contributed by atoms with van der Waals surface area (Å²) >= 11 is 15.0. The number of carbonyl (C=O) groups excluding carboxylic acids is 2. The minimum atomic E-state index is -0.641. The van der Waals surface area contributed by atoms with Crippen LogP contribution in [-0.2, 0) is 9.59 Å². The summed E-state index contributed by atoms with van der Waals surface area (Å²) in [5, 5.41) is 11.2. The van der Waals surface area contributed by atoms with E-state index >= 15 is 0 Å². The van der Waals surface area contributed by atoms with Gasteiger partial charge in [-0.1, -0.05) is 23.2 Å². The van der Waals surface area contributed by atoms with Crippen LogP contribution in [-0.4, -0.2) is 30.0 Å². The van der Waals surface area contributed by atoms with Crippen molar-refractivity contribution >= 4 is 56.6 Å². The Balaban J connectivity index is 1.73. The lowest BCUT2D eigenvalue weighted by Gasteiger charge is -2.11. The monoisotopic (exact) mass is 491 g/mol. The minimum absolute atomic E-state index is 0.100. The van der Waals surface area contributed by atoms with E-state index in [4.69, 9.17) is 32.7 Å². The Morgan fingerprint density at radius 1 is 1.04 bits per heavy atom. The first-order valence-electron chi connectivity index (χ1n) is 7.48. The molecule has 0 fully saturated rings. The standard InChI is InChI=1S/C16H12BrCl2N3O6/c17-12-5-9(18)6-13(19)16(12)28-8-15(24)21-20-14(23)7-27-11-3-1-10(2-4-11)22(25)26/h1-6H,7-8H2,(H,20,23)(H,21,24). The van der Waals surface area contributed by atoms with Gasteiger partial charge in [0.2, 0.25) is 0 Å². The zero-order valence-electron chi connectivity index (χ0n) is 13.9. The molecule has 2 aromatic rings. The van der Waals surface area contributed by atoms with Crippen LogP contribution >= 0.6 is 39.1 Å². The highest BCUT2D eigenvalue weighted by Gasteiger charge is 2.12. The number of rotatable bonds is 7. The third kappa shape index (κ3) is 6.55. The molecule has 0 bridgehead atoms. The van der Waals surface area contributed by atoms with Gasteiger partial charge in [-0.2, -0.15) is 0 Å². The molecule has 0 saturated heterocycles. The van der Waals surface area contributed by atoms with Crippen LogP contribution in [0.1, 0.15) is 0 Å². The van der Waals surface area contributed by atoms with Crippen molar-refractivity contribution in [2.75, 3.05) is 13.2 Å². The number of benzene rings is 2. The highest BCUT2D eigenvalue weighted by molar-refractivity contribution is 9.10. The van der Waals surface area contributed by atoms with Crippen LogP contribution in [0.2, 0.25) is 10.0 Å². The average Bonchev–Trinajstić information content (AvgIpc) is 2.64. The number of nitro groups is 1. The van der Waals surface area contributed by atoms with Gasteiger partial charge in [0.05, 0.1) is 14.4 Å². The molecular formula is C16H12BrCl2N3O6. The molecule has 0 aliphatic carbocycles. The molecule has 12 heteroatoms. The van der Waals surface area contributed by atoms with E-state index < -0.39 is 30.0 Å². The van der Waals surface area contributed by atoms with Crippen LogP contribution in [0.5, 0.6) is 11.5 Å². The van der Waals surface area contributed by atoms with Crippen molar-refractivity contribution in [3.8, 4) is 11.5 Å². The molecule has 0 aliphatic rings. The summed E-state index contributed by atoms with van der Waals surface area (Å²) in [4.78, 5) is 33.4. The molecular weight excluding hydrogens is 481 g/mol. The molecule has 0 radical (unpaired) electrons. The number of carbonyl (C=O) groups is 2. The summed E-state index contributed by atoms with van der Waals surface area (Å²) in [6, 6.07) is 8.20. The van der Waals surface area contributed by atoms with E-state index in [2.05, 4.69) is 26.8 Å². The van der Waals surface area contributed by atoms with Gasteiger partial charge in [0, 0.05) is 17.2 Å². The molecule has 2 aromatic carbocycles. The molecule has 0 saturated carbocycles. The van der Waals surface area contributed by atoms with E-state index in [1.165, 1.54) is 30.3 Å². The number of hydrazine groups is 1. The van der Waals surface area contributed by atoms with Crippen molar-refractivity contribution in [2.45, 2.75) is 0 Å². The smallest absolute Gasteiger partial charge is 0.276 e. The maximum absolute atomic E-state index is 11.7. The molecule has 28 heavy (non-hydrogen) atoms. The van der Waals surface area contributed by atoms with Crippen molar-refractivity contribution in [1.29, 1.82) is 0 Å². The number of hydrogen-bond acceptors (Lipinski definition) is 6. The average molecular weight is 493 g/mol. The lowest BCUT2D eigenvalue weighted by Crippen LogP contribution is -2.45. The van der Waals surface area contributed by atoms with Crippen molar-refractivity contribution in [1.82, 2.24) is 10.9 Å². The molecule has 0 unspecified atom stereocenters. The summed E-state index contributed by atoms with van der Waals surface area (Å²) in [6.07, 6.45) is 0. The van der Waals surface area contributed by atoms with E-state index in [0.29, 0.717) is 9.50 Å². The van der Waals surface area contributed by atoms with Gasteiger partial charge in [-0.05, 0) is 40.2 Å². The fraction of sp³-hybridized carbons (Fsp3) is 0.125. The van der Waals surface area contributed by atoms with E-state index in [1.807, 2.05) is 0 Å². The molecule has 2 rings (SSSR count). The molecule has 9 nitrogen and oxygen atoms in total. The van der Waals surface area contributed by atoms with Crippen LogP contribution < -0.4 is 20.3 Å². The maximum Gasteiger partial charge on any atom is 0.276 e. The number of nitrogens with one attached hydrogen (secondary N) is 2. The van der Waals surface area contributed by atoms with Crippen molar-refractivity contribution in [3.63, 3.8) is 0 Å². The van der Waals surface area contributed by atoms with Gasteiger partial charge in [0.25, 0.3) is 17.5 Å². The second kappa shape index (κ2) is 10.1. The first-order valence-corrected chi connectivity index (χ1v) is 9.03. The van der Waals surface area contributed by atoms with Crippen LogP contribution in [0, 0.1) is 10.1 Å². The highest BCUT2D eigenvalue weighted by Crippen LogP contribution is 2.35. The maximum atomic E-state index is 11.7. The number of ether oxygens (including phenoxy) is 2. The van der Waals surface area contributed by atoms with Gasteiger partial charge >= 0.3 is 0 Å². The van der Waals surface area contributed by atoms with Crippen molar-refractivity contribution < 1.29 is 24.0 Å². The Morgan fingerprint density at radius 2 is 1.61 bits per heavy atom. The Labute approximate surface area is 177 Å². The number of non-ortho nitro benzene ring substituents is 1. The molecule has 0 aromatic heterocycles. The van der Waals surface area contributed by atoms with Gasteiger partial charge in [0.15, 0.2) is 19.0 Å². The van der Waals surface area contributed by atoms with Gasteiger partial charge in [0.1, 0.15) is 5.75 Å². The number of nitro benzene ring substituents is 1. The topological polar surface area (TPSA) is 120 Å². The fourth-order valence-electron chi connectivity index (χ4n) is 1.83. The van der Waals surface area contributed by atoms with Crippen LogP contribution in [0.3, 0.4) is 0 Å². The van der Waals surface area contributed by atoms with Gasteiger partial charge in [-0.3, -0.25) is 30.6 Å². The lowest BCUT2D eigenvalue weighted by molar-refractivity contribution is -0.384. The van der Waals surface area contributed by atoms with Crippen molar-refractivity contribution in [2.24, 2.45) is 0 Å². The quantitative estimate of drug-likeness (QED) is 0.452. The van der Waals surface area contributed by atoms with E-state index in [9.17, 15) is 19.7 Å². The number of amides is 2. The third-order valence-electron chi connectivity index (χ3n) is 3.07. The van der Waals surface area contributed by atoms with Crippen molar-refractivity contribution in [3.05, 3.63) is 61.0 Å². The second-order valence-corrected chi connectivity index (χ2v) is 6.82. The van der Waals surface area contributed by atoms with Gasteiger partial charge in [-0.15, -0.1) is 0 Å². The molecule has 2 amide bonds. The minimum Gasteiger partial charge on any atom is -0.484 e. The number of nitrogens with zero attached hydrogens (tertiary/aromatic N) is 1. The predicted molar refractivity (Wildman–Crippen MR) is 105 cm³/mol. The summed E-state index contributed by atoms with van der Waals surface area (Å²) in [5.74, 6) is -0.786. The van der Waals surface area contributed by atoms with Crippen LogP contribution in [0.25, 0.3) is 0 Å². The second-order valence-electron chi connectivity index (χ2n) is 5.12. The predicted octanol–water partition coefficient (Wildman–Crippen LogP) is 3.27. The summed E-state index contributed by atoms with van der Waals surface area (Å²) in [6.45, 7) is -0.822. The third-order valence-corrected chi connectivity index (χ3v) is 4.16. The molecule has 0 spiro atoms.